The largest absolute Gasteiger partial charge is 0.371 e. The number of nitrogens with zero attached hydrogens (tertiary/aromatic N) is 3. The first-order valence-corrected chi connectivity index (χ1v) is 7.34. The van der Waals surface area contributed by atoms with Crippen LogP contribution in [-0.2, 0) is 13.5 Å². The molecule has 1 aliphatic rings. The van der Waals surface area contributed by atoms with E-state index in [0.29, 0.717) is 12.1 Å². The molecule has 1 aromatic carbocycles. The third kappa shape index (κ3) is 3.07. The van der Waals surface area contributed by atoms with Crippen LogP contribution < -0.4 is 10.2 Å². The van der Waals surface area contributed by atoms with Crippen LogP contribution in [0.25, 0.3) is 0 Å². The highest BCUT2D eigenvalue weighted by Crippen LogP contribution is 2.27. The van der Waals surface area contributed by atoms with Gasteiger partial charge in [-0.3, -0.25) is 9.48 Å². The topological polar surface area (TPSA) is 50.2 Å². The lowest BCUT2D eigenvalue weighted by molar-refractivity contribution is 0.0953. The Bertz CT molecular complexity index is 635. The van der Waals surface area contributed by atoms with Gasteiger partial charge in [0.2, 0.25) is 0 Å². The third-order valence-corrected chi connectivity index (χ3v) is 3.84. The van der Waals surface area contributed by atoms with Gasteiger partial charge in [-0.25, -0.2) is 0 Å². The van der Waals surface area contributed by atoms with Gasteiger partial charge in [-0.1, -0.05) is 18.2 Å². The summed E-state index contributed by atoms with van der Waals surface area (Å²) in [5.41, 5.74) is 3.39. The quantitative estimate of drug-likeness (QED) is 0.849. The highest BCUT2D eigenvalue weighted by atomic mass is 16.1. The van der Waals surface area contributed by atoms with Crippen LogP contribution in [0.2, 0.25) is 0 Å². The molecule has 21 heavy (non-hydrogen) atoms. The maximum Gasteiger partial charge on any atom is 0.254 e. The number of fused-ring (bicyclic) bond motifs is 1. The van der Waals surface area contributed by atoms with Gasteiger partial charge < -0.3 is 10.2 Å². The molecular formula is C16H20N4O. The normalized spacial score (nSPS) is 13.3. The molecule has 5 nitrogen and oxygen atoms in total. The number of anilines is 1. The van der Waals surface area contributed by atoms with Crippen molar-refractivity contribution in [3.05, 3.63) is 47.8 Å². The van der Waals surface area contributed by atoms with E-state index in [4.69, 9.17) is 0 Å². The van der Waals surface area contributed by atoms with E-state index in [1.165, 1.54) is 11.3 Å². The van der Waals surface area contributed by atoms with E-state index in [-0.39, 0.29) is 5.91 Å². The summed E-state index contributed by atoms with van der Waals surface area (Å²) < 4.78 is 1.63. The predicted molar refractivity (Wildman–Crippen MR) is 82.5 cm³/mol. The Hall–Kier alpha value is -2.30. The molecule has 3 rings (SSSR count). The molecule has 0 saturated carbocycles. The molecule has 5 heteroatoms. The van der Waals surface area contributed by atoms with E-state index in [1.807, 2.05) is 7.05 Å². The van der Waals surface area contributed by atoms with Gasteiger partial charge in [-0.15, -0.1) is 0 Å². The zero-order chi connectivity index (χ0) is 14.7. The number of aryl methyl sites for hydroxylation is 1. The molecule has 1 aliphatic heterocycles. The fourth-order valence-corrected chi connectivity index (χ4v) is 2.75. The van der Waals surface area contributed by atoms with E-state index in [9.17, 15) is 4.79 Å². The minimum absolute atomic E-state index is 0.0510. The van der Waals surface area contributed by atoms with Gasteiger partial charge in [0.05, 0.1) is 11.8 Å². The highest BCUT2D eigenvalue weighted by molar-refractivity contribution is 5.93. The lowest BCUT2D eigenvalue weighted by atomic mass is 10.2. The number of hydrogen-bond acceptors (Lipinski definition) is 3. The number of carbonyl (C=O) groups is 1. The molecule has 2 heterocycles. The first kappa shape index (κ1) is 13.7. The van der Waals surface area contributed by atoms with Crippen molar-refractivity contribution in [1.29, 1.82) is 0 Å². The standard InChI is InChI=1S/C16H20N4O/c1-19-12-14(11-18-19)16(21)17-8-4-9-20-10-7-13-5-2-3-6-15(13)20/h2-3,5-6,11-12H,4,7-10H2,1H3,(H,17,21). The second-order valence-electron chi connectivity index (χ2n) is 5.38. The predicted octanol–water partition coefficient (Wildman–Crippen LogP) is 1.60. The first-order valence-electron chi connectivity index (χ1n) is 7.34. The third-order valence-electron chi connectivity index (χ3n) is 3.84. The summed E-state index contributed by atoms with van der Waals surface area (Å²) in [6.45, 7) is 2.74. The number of rotatable bonds is 5. The second kappa shape index (κ2) is 5.99. The van der Waals surface area contributed by atoms with E-state index < -0.39 is 0 Å². The minimum atomic E-state index is -0.0510. The van der Waals surface area contributed by atoms with Crippen LogP contribution in [0.4, 0.5) is 5.69 Å². The molecule has 110 valence electrons. The van der Waals surface area contributed by atoms with Crippen molar-refractivity contribution in [1.82, 2.24) is 15.1 Å². The van der Waals surface area contributed by atoms with Gasteiger partial charge in [-0.05, 0) is 24.5 Å². The van der Waals surface area contributed by atoms with Crippen LogP contribution in [-0.4, -0.2) is 35.3 Å². The maximum atomic E-state index is 11.9. The molecule has 0 spiro atoms. The molecule has 0 atom stereocenters. The lowest BCUT2D eigenvalue weighted by Gasteiger charge is -2.19. The Morgan fingerprint density at radius 2 is 2.24 bits per heavy atom. The average molecular weight is 284 g/mol. The summed E-state index contributed by atoms with van der Waals surface area (Å²) in [5.74, 6) is -0.0510. The van der Waals surface area contributed by atoms with E-state index in [1.54, 1.807) is 17.1 Å². The first-order chi connectivity index (χ1) is 10.2. The Labute approximate surface area is 124 Å². The van der Waals surface area contributed by atoms with Crippen LogP contribution in [0.5, 0.6) is 0 Å². The second-order valence-corrected chi connectivity index (χ2v) is 5.38. The summed E-state index contributed by atoms with van der Waals surface area (Å²) >= 11 is 0. The average Bonchev–Trinajstić information content (AvgIpc) is 3.10. The van der Waals surface area contributed by atoms with Crippen molar-refractivity contribution >= 4 is 11.6 Å². The van der Waals surface area contributed by atoms with Gasteiger partial charge in [-0.2, -0.15) is 5.10 Å². The summed E-state index contributed by atoms with van der Waals surface area (Å²) in [5, 5.41) is 6.94. The number of amides is 1. The smallest absolute Gasteiger partial charge is 0.254 e. The monoisotopic (exact) mass is 284 g/mol. The van der Waals surface area contributed by atoms with Gasteiger partial charge in [0.15, 0.2) is 0 Å². The molecular weight excluding hydrogens is 264 g/mol. The molecule has 2 aromatic rings. The van der Waals surface area contributed by atoms with Crippen molar-refractivity contribution in [3.8, 4) is 0 Å². The van der Waals surface area contributed by atoms with E-state index in [0.717, 1.165) is 25.9 Å². The Balaban J connectivity index is 1.44. The van der Waals surface area contributed by atoms with Crippen LogP contribution in [0.15, 0.2) is 36.7 Å². The number of hydrogen-bond donors (Lipinski definition) is 1. The minimum Gasteiger partial charge on any atom is -0.371 e. The fraction of sp³-hybridized carbons (Fsp3) is 0.375. The molecule has 0 aliphatic carbocycles. The number of carbonyl (C=O) groups excluding carboxylic acids is 1. The van der Waals surface area contributed by atoms with Gasteiger partial charge >= 0.3 is 0 Å². The zero-order valence-electron chi connectivity index (χ0n) is 12.2. The van der Waals surface area contributed by atoms with Crippen LogP contribution in [0, 0.1) is 0 Å². The molecule has 0 saturated heterocycles. The molecule has 1 N–H and O–H groups in total. The summed E-state index contributed by atoms with van der Waals surface area (Å²) in [4.78, 5) is 14.3. The molecule has 0 unspecified atom stereocenters. The van der Waals surface area contributed by atoms with Crippen LogP contribution >= 0.6 is 0 Å². The van der Waals surface area contributed by atoms with E-state index >= 15 is 0 Å². The molecule has 1 aromatic heterocycles. The Morgan fingerprint density at radius 3 is 3.05 bits per heavy atom. The highest BCUT2D eigenvalue weighted by Gasteiger charge is 2.17. The van der Waals surface area contributed by atoms with Gasteiger partial charge in [0.25, 0.3) is 5.91 Å². The van der Waals surface area contributed by atoms with Crippen molar-refractivity contribution in [2.24, 2.45) is 7.05 Å². The van der Waals surface area contributed by atoms with E-state index in [2.05, 4.69) is 39.6 Å². The van der Waals surface area contributed by atoms with Crippen LogP contribution in [0.1, 0.15) is 22.3 Å². The SMILES string of the molecule is Cn1cc(C(=O)NCCCN2CCc3ccccc32)cn1. The van der Waals surface area contributed by atoms with Crippen molar-refractivity contribution in [3.63, 3.8) is 0 Å². The van der Waals surface area contributed by atoms with Crippen molar-refractivity contribution in [2.45, 2.75) is 12.8 Å². The molecule has 0 fully saturated rings. The Kier molecular flexibility index (Phi) is 3.90. The van der Waals surface area contributed by atoms with Gasteiger partial charge in [0.1, 0.15) is 0 Å². The summed E-state index contributed by atoms with van der Waals surface area (Å²) in [6.07, 6.45) is 5.39. The summed E-state index contributed by atoms with van der Waals surface area (Å²) in [6, 6.07) is 8.55. The van der Waals surface area contributed by atoms with Crippen LogP contribution in [0.3, 0.4) is 0 Å². The zero-order valence-corrected chi connectivity index (χ0v) is 12.2. The number of benzene rings is 1. The summed E-state index contributed by atoms with van der Waals surface area (Å²) in [7, 11) is 1.81. The fourth-order valence-electron chi connectivity index (χ4n) is 2.75. The molecule has 0 radical (unpaired) electrons. The number of para-hydroxylation sites is 1. The molecule has 0 bridgehead atoms. The maximum absolute atomic E-state index is 11.9. The van der Waals surface area contributed by atoms with Gasteiger partial charge in [0, 0.05) is 38.6 Å². The van der Waals surface area contributed by atoms with Crippen molar-refractivity contribution in [2.75, 3.05) is 24.5 Å². The number of aromatic nitrogens is 2. The molecule has 1 amide bonds. The van der Waals surface area contributed by atoms with Crippen molar-refractivity contribution < 1.29 is 4.79 Å². The lowest BCUT2D eigenvalue weighted by Crippen LogP contribution is -2.29. The number of nitrogens with one attached hydrogen (secondary N) is 1. The Morgan fingerprint density at radius 1 is 1.38 bits per heavy atom.